The van der Waals surface area contributed by atoms with Gasteiger partial charge in [0.05, 0.1) is 17.8 Å². The first-order valence-electron chi connectivity index (χ1n) is 13.6. The summed E-state index contributed by atoms with van der Waals surface area (Å²) in [6.07, 6.45) is -3.22. The summed E-state index contributed by atoms with van der Waals surface area (Å²) in [5, 5.41) is 9.25. The molecule has 0 bridgehead atoms. The highest BCUT2D eigenvalue weighted by molar-refractivity contribution is 6.02. The molecule has 214 valence electrons. The number of aromatic nitrogens is 5. The van der Waals surface area contributed by atoms with E-state index in [2.05, 4.69) is 33.9 Å². The number of imidazole rings is 1. The summed E-state index contributed by atoms with van der Waals surface area (Å²) >= 11 is 0. The van der Waals surface area contributed by atoms with Crippen LogP contribution in [0.2, 0.25) is 0 Å². The number of ether oxygens (including phenoxy) is 1. The number of alkyl halides is 3. The summed E-state index contributed by atoms with van der Waals surface area (Å²) in [6.45, 7) is 10.4. The second-order valence-corrected chi connectivity index (χ2v) is 11.7. The van der Waals surface area contributed by atoms with Gasteiger partial charge in [-0.25, -0.2) is 4.79 Å². The Morgan fingerprint density at radius 1 is 1.05 bits per heavy atom. The van der Waals surface area contributed by atoms with Crippen molar-refractivity contribution in [3.8, 4) is 11.1 Å². The van der Waals surface area contributed by atoms with E-state index in [4.69, 9.17) is 4.74 Å². The van der Waals surface area contributed by atoms with Crippen LogP contribution >= 0.6 is 0 Å². The first kappa shape index (κ1) is 28.2. The zero-order chi connectivity index (χ0) is 28.8. The molecule has 40 heavy (non-hydrogen) atoms. The third-order valence-corrected chi connectivity index (χ3v) is 7.87. The molecule has 0 saturated carbocycles. The Morgan fingerprint density at radius 2 is 1.75 bits per heavy atom. The number of benzene rings is 1. The number of hydrogen-bond acceptors (Lipinski definition) is 6. The van der Waals surface area contributed by atoms with E-state index < -0.39 is 12.3 Å². The molecule has 1 fully saturated rings. The van der Waals surface area contributed by atoms with Gasteiger partial charge < -0.3 is 9.64 Å². The van der Waals surface area contributed by atoms with Crippen molar-refractivity contribution in [3.05, 3.63) is 52.7 Å². The molecule has 8 nitrogen and oxygen atoms in total. The molecule has 1 saturated heterocycles. The summed E-state index contributed by atoms with van der Waals surface area (Å²) in [4.78, 5) is 19.2. The zero-order valence-corrected chi connectivity index (χ0v) is 23.5. The summed E-state index contributed by atoms with van der Waals surface area (Å²) in [6, 6.07) is 8.36. The minimum atomic E-state index is -4.58. The number of likely N-dealkylation sites (tertiary alicyclic amines) is 1. The van der Waals surface area contributed by atoms with E-state index in [1.54, 1.807) is 23.7 Å². The number of fused-ring (bicyclic) bond motifs is 3. The molecule has 1 aliphatic rings. The van der Waals surface area contributed by atoms with Crippen molar-refractivity contribution in [1.29, 1.82) is 0 Å². The molecule has 1 unspecified atom stereocenters. The number of rotatable bonds is 7. The summed E-state index contributed by atoms with van der Waals surface area (Å²) in [5.41, 5.74) is 3.04. The molecule has 1 aromatic carbocycles. The molecule has 5 rings (SSSR count). The van der Waals surface area contributed by atoms with Gasteiger partial charge >= 0.3 is 11.9 Å². The third kappa shape index (κ3) is 5.49. The van der Waals surface area contributed by atoms with Gasteiger partial charge in [0.1, 0.15) is 5.52 Å². The van der Waals surface area contributed by atoms with Crippen molar-refractivity contribution in [2.45, 2.75) is 58.9 Å². The summed E-state index contributed by atoms with van der Waals surface area (Å²) in [7, 11) is 1.66. The standard InChI is InChI=1S/C29H35F3N6O2/c1-18(2)38-24-21-16-19(6-8-22(21)34-35-26(24)36(5)27(38)39)20-7-9-23(33-17-20)25(29(30,31)32)40-15-14-37-12-10-28(3,4)11-13-37/h6-9,16-18,25H,10-15H2,1-5H3. The van der Waals surface area contributed by atoms with Crippen LogP contribution in [0.1, 0.15) is 58.4 Å². The van der Waals surface area contributed by atoms with Gasteiger partial charge in [0, 0.05) is 36.8 Å². The number of halogens is 3. The fraction of sp³-hybridized carbons (Fsp3) is 0.517. The van der Waals surface area contributed by atoms with Crippen molar-refractivity contribution >= 4 is 22.1 Å². The second-order valence-electron chi connectivity index (χ2n) is 11.7. The lowest BCUT2D eigenvalue weighted by molar-refractivity contribution is -0.226. The molecule has 1 aliphatic heterocycles. The van der Waals surface area contributed by atoms with E-state index in [1.807, 2.05) is 26.0 Å². The topological polar surface area (TPSA) is 78.1 Å². The molecule has 4 heterocycles. The molecule has 0 N–H and O–H groups in total. The lowest BCUT2D eigenvalue weighted by atomic mass is 9.83. The van der Waals surface area contributed by atoms with Crippen LogP contribution in [-0.4, -0.2) is 61.6 Å². The quantitative estimate of drug-likeness (QED) is 0.292. The van der Waals surface area contributed by atoms with Crippen LogP contribution in [0.3, 0.4) is 0 Å². The maximum Gasteiger partial charge on any atom is 0.420 e. The van der Waals surface area contributed by atoms with Gasteiger partial charge in [-0.05, 0) is 69.0 Å². The van der Waals surface area contributed by atoms with E-state index in [-0.39, 0.29) is 29.4 Å². The number of pyridine rings is 1. The first-order chi connectivity index (χ1) is 18.9. The second kappa shape index (κ2) is 10.6. The largest absolute Gasteiger partial charge is 0.420 e. The number of aryl methyl sites for hydroxylation is 1. The van der Waals surface area contributed by atoms with E-state index in [0.29, 0.717) is 28.8 Å². The van der Waals surface area contributed by atoms with Crippen LogP contribution in [0.15, 0.2) is 41.3 Å². The smallest absolute Gasteiger partial charge is 0.361 e. The fourth-order valence-electron chi connectivity index (χ4n) is 5.31. The van der Waals surface area contributed by atoms with Crippen LogP contribution in [0.25, 0.3) is 33.2 Å². The lowest BCUT2D eigenvalue weighted by Gasteiger charge is -2.37. The van der Waals surface area contributed by atoms with Gasteiger partial charge in [-0.15, -0.1) is 10.2 Å². The first-order valence-corrected chi connectivity index (χ1v) is 13.6. The third-order valence-electron chi connectivity index (χ3n) is 7.87. The SMILES string of the molecule is CC(C)n1c(=O)n(C)c2nnc3ccc(-c4ccc(C(OCCN5CCC(C)(C)CC5)C(F)(F)F)nc4)cc3c21. The predicted octanol–water partition coefficient (Wildman–Crippen LogP) is 5.67. The fourth-order valence-corrected chi connectivity index (χ4v) is 5.31. The Labute approximate surface area is 230 Å². The predicted molar refractivity (Wildman–Crippen MR) is 148 cm³/mol. The minimum Gasteiger partial charge on any atom is -0.361 e. The Morgan fingerprint density at radius 3 is 2.38 bits per heavy atom. The van der Waals surface area contributed by atoms with Crippen molar-refractivity contribution in [3.63, 3.8) is 0 Å². The van der Waals surface area contributed by atoms with E-state index >= 15 is 0 Å². The maximum absolute atomic E-state index is 13.9. The van der Waals surface area contributed by atoms with E-state index in [0.717, 1.165) is 36.9 Å². The van der Waals surface area contributed by atoms with E-state index in [9.17, 15) is 18.0 Å². The molecule has 0 radical (unpaired) electrons. The van der Waals surface area contributed by atoms with Gasteiger partial charge in [-0.3, -0.25) is 14.1 Å². The summed E-state index contributed by atoms with van der Waals surface area (Å²) in [5.74, 6) is 0. The molecule has 0 amide bonds. The monoisotopic (exact) mass is 556 g/mol. The van der Waals surface area contributed by atoms with Gasteiger partial charge in [-0.2, -0.15) is 13.2 Å². The normalized spacial score (nSPS) is 17.2. The molecular formula is C29H35F3N6O2. The van der Waals surface area contributed by atoms with Crippen LogP contribution in [0.4, 0.5) is 13.2 Å². The summed E-state index contributed by atoms with van der Waals surface area (Å²) < 4.78 is 50.3. The minimum absolute atomic E-state index is 0.0234. The van der Waals surface area contributed by atoms with Gasteiger partial charge in [-0.1, -0.05) is 26.0 Å². The zero-order valence-electron chi connectivity index (χ0n) is 23.5. The molecule has 3 aromatic heterocycles. The van der Waals surface area contributed by atoms with Crippen molar-refractivity contribution in [2.75, 3.05) is 26.2 Å². The maximum atomic E-state index is 13.9. The Kier molecular flexibility index (Phi) is 7.47. The van der Waals surface area contributed by atoms with Crippen molar-refractivity contribution in [1.82, 2.24) is 29.2 Å². The number of nitrogens with zero attached hydrogens (tertiary/aromatic N) is 6. The molecular weight excluding hydrogens is 521 g/mol. The van der Waals surface area contributed by atoms with Gasteiger partial charge in [0.2, 0.25) is 0 Å². The van der Waals surface area contributed by atoms with E-state index in [1.165, 1.54) is 16.8 Å². The van der Waals surface area contributed by atoms with Crippen LogP contribution in [0, 0.1) is 5.41 Å². The molecule has 0 spiro atoms. The van der Waals surface area contributed by atoms with Crippen molar-refractivity contribution in [2.24, 2.45) is 12.5 Å². The molecule has 4 aromatic rings. The molecule has 11 heteroatoms. The molecule has 0 aliphatic carbocycles. The van der Waals surface area contributed by atoms with Crippen LogP contribution in [0.5, 0.6) is 0 Å². The average Bonchev–Trinajstić information content (AvgIpc) is 3.17. The number of piperidine rings is 1. The highest BCUT2D eigenvalue weighted by Crippen LogP contribution is 2.36. The Hall–Kier alpha value is -3.31. The lowest BCUT2D eigenvalue weighted by Crippen LogP contribution is -2.39. The van der Waals surface area contributed by atoms with Gasteiger partial charge in [0.15, 0.2) is 11.8 Å². The highest BCUT2D eigenvalue weighted by atomic mass is 19.4. The molecule has 1 atom stereocenters. The highest BCUT2D eigenvalue weighted by Gasteiger charge is 2.43. The Bertz CT molecular complexity index is 1560. The average molecular weight is 557 g/mol. The van der Waals surface area contributed by atoms with Crippen LogP contribution in [-0.2, 0) is 11.8 Å². The van der Waals surface area contributed by atoms with Gasteiger partial charge in [0.25, 0.3) is 0 Å². The van der Waals surface area contributed by atoms with Crippen LogP contribution < -0.4 is 5.69 Å². The van der Waals surface area contributed by atoms with Crippen molar-refractivity contribution < 1.29 is 17.9 Å². The Balaban J connectivity index is 1.39. The number of hydrogen-bond donors (Lipinski definition) is 0.